The highest BCUT2D eigenvalue weighted by molar-refractivity contribution is 5.92. The number of rotatable bonds is 3. The summed E-state index contributed by atoms with van der Waals surface area (Å²) in [5.74, 6) is 4.24. The molecule has 1 rings (SSSR count). The fourth-order valence-electron chi connectivity index (χ4n) is 0.760. The van der Waals surface area contributed by atoms with Crippen LogP contribution in [0, 0.1) is 5.41 Å². The Morgan fingerprint density at radius 1 is 1.71 bits per heavy atom. The van der Waals surface area contributed by atoms with Crippen molar-refractivity contribution in [3.05, 3.63) is 30.1 Å². The van der Waals surface area contributed by atoms with Crippen molar-refractivity contribution in [3.63, 3.8) is 0 Å². The van der Waals surface area contributed by atoms with Gasteiger partial charge >= 0.3 is 0 Å². The molecule has 74 valence electrons. The van der Waals surface area contributed by atoms with Crippen LogP contribution in [0.3, 0.4) is 0 Å². The fraction of sp³-hybridized carbons (Fsp3) is 0.125. The van der Waals surface area contributed by atoms with Crippen molar-refractivity contribution in [2.75, 3.05) is 6.61 Å². The van der Waals surface area contributed by atoms with Crippen LogP contribution in [0.25, 0.3) is 0 Å². The molecule has 1 aromatic rings. The maximum absolute atomic E-state index is 10.7. The van der Waals surface area contributed by atoms with Crippen LogP contribution in [0.2, 0.25) is 0 Å². The van der Waals surface area contributed by atoms with Crippen molar-refractivity contribution in [2.24, 2.45) is 5.84 Å². The molecule has 0 fully saturated rings. The van der Waals surface area contributed by atoms with E-state index in [2.05, 4.69) is 4.98 Å². The SMILES string of the molecule is N=C(OCC(=O)NN)c1cccnc1. The van der Waals surface area contributed by atoms with Crippen LogP contribution in [0.1, 0.15) is 5.56 Å². The van der Waals surface area contributed by atoms with Gasteiger partial charge in [-0.2, -0.15) is 0 Å². The fourth-order valence-corrected chi connectivity index (χ4v) is 0.760. The number of nitrogens with zero attached hydrogens (tertiary/aromatic N) is 1. The molecule has 0 aromatic carbocycles. The van der Waals surface area contributed by atoms with E-state index in [4.69, 9.17) is 16.0 Å². The van der Waals surface area contributed by atoms with Gasteiger partial charge in [0.15, 0.2) is 6.61 Å². The van der Waals surface area contributed by atoms with Crippen LogP contribution in [0.4, 0.5) is 0 Å². The van der Waals surface area contributed by atoms with E-state index in [-0.39, 0.29) is 12.5 Å². The predicted molar refractivity (Wildman–Crippen MR) is 49.3 cm³/mol. The molecular weight excluding hydrogens is 184 g/mol. The highest BCUT2D eigenvalue weighted by Crippen LogP contribution is 1.97. The lowest BCUT2D eigenvalue weighted by molar-refractivity contribution is -0.123. The lowest BCUT2D eigenvalue weighted by atomic mass is 10.3. The Morgan fingerprint density at radius 3 is 3.07 bits per heavy atom. The van der Waals surface area contributed by atoms with E-state index in [1.165, 1.54) is 6.20 Å². The Hall–Kier alpha value is -1.95. The third kappa shape index (κ3) is 2.83. The molecular formula is C8H10N4O2. The number of nitrogens with two attached hydrogens (primary N) is 1. The third-order valence-corrected chi connectivity index (χ3v) is 1.43. The highest BCUT2D eigenvalue weighted by atomic mass is 16.5. The molecule has 1 amide bonds. The number of hydrazine groups is 1. The van der Waals surface area contributed by atoms with Gasteiger partial charge in [-0.3, -0.25) is 20.6 Å². The molecule has 4 N–H and O–H groups in total. The Balaban J connectivity index is 2.48. The zero-order chi connectivity index (χ0) is 10.4. The summed E-state index contributed by atoms with van der Waals surface area (Å²) in [4.78, 5) is 14.5. The number of ether oxygens (including phenoxy) is 1. The lowest BCUT2D eigenvalue weighted by Gasteiger charge is -2.05. The third-order valence-electron chi connectivity index (χ3n) is 1.43. The topological polar surface area (TPSA) is 101 Å². The summed E-state index contributed by atoms with van der Waals surface area (Å²) in [6.07, 6.45) is 3.06. The van der Waals surface area contributed by atoms with Crippen LogP contribution in [0.5, 0.6) is 0 Å². The zero-order valence-corrected chi connectivity index (χ0v) is 7.36. The van der Waals surface area contributed by atoms with Crippen molar-refractivity contribution in [3.8, 4) is 0 Å². The Kier molecular flexibility index (Phi) is 3.57. The maximum atomic E-state index is 10.7. The molecule has 6 nitrogen and oxygen atoms in total. The first-order valence-electron chi connectivity index (χ1n) is 3.85. The minimum atomic E-state index is -0.487. The monoisotopic (exact) mass is 194 g/mol. The van der Waals surface area contributed by atoms with Crippen molar-refractivity contribution in [2.45, 2.75) is 0 Å². The van der Waals surface area contributed by atoms with E-state index in [1.807, 2.05) is 5.43 Å². The van der Waals surface area contributed by atoms with Gasteiger partial charge in [0.25, 0.3) is 5.91 Å². The highest BCUT2D eigenvalue weighted by Gasteiger charge is 2.04. The maximum Gasteiger partial charge on any atom is 0.271 e. The summed E-state index contributed by atoms with van der Waals surface area (Å²) in [5.41, 5.74) is 2.41. The minimum Gasteiger partial charge on any atom is -0.467 e. The van der Waals surface area contributed by atoms with Gasteiger partial charge in [-0.25, -0.2) is 5.84 Å². The number of nitrogens with one attached hydrogen (secondary N) is 2. The molecule has 0 aliphatic carbocycles. The Bertz CT molecular complexity index is 325. The van der Waals surface area contributed by atoms with Gasteiger partial charge in [-0.1, -0.05) is 0 Å². The normalized spacial score (nSPS) is 9.21. The van der Waals surface area contributed by atoms with Crippen LogP contribution < -0.4 is 11.3 Å². The molecule has 14 heavy (non-hydrogen) atoms. The van der Waals surface area contributed by atoms with E-state index in [9.17, 15) is 4.79 Å². The summed E-state index contributed by atoms with van der Waals surface area (Å²) in [6.45, 7) is -0.274. The standard InChI is InChI=1S/C8H10N4O2/c9-8(14-5-7(13)12-10)6-2-1-3-11-4-6/h1-4,9H,5,10H2,(H,12,13). The quantitative estimate of drug-likeness (QED) is 0.197. The first kappa shape index (κ1) is 10.1. The van der Waals surface area contributed by atoms with Crippen LogP contribution >= 0.6 is 0 Å². The summed E-state index contributed by atoms with van der Waals surface area (Å²) in [5, 5.41) is 7.42. The molecule has 0 saturated carbocycles. The molecule has 0 spiro atoms. The van der Waals surface area contributed by atoms with E-state index >= 15 is 0 Å². The molecule has 0 aliphatic heterocycles. The van der Waals surface area contributed by atoms with Gasteiger partial charge in [0.05, 0.1) is 5.56 Å². The predicted octanol–water partition coefficient (Wildman–Crippen LogP) is -0.587. The zero-order valence-electron chi connectivity index (χ0n) is 7.36. The van der Waals surface area contributed by atoms with Crippen molar-refractivity contribution >= 4 is 11.8 Å². The van der Waals surface area contributed by atoms with Crippen molar-refractivity contribution in [1.29, 1.82) is 5.41 Å². The summed E-state index contributed by atoms with van der Waals surface area (Å²) in [7, 11) is 0. The van der Waals surface area contributed by atoms with E-state index in [1.54, 1.807) is 18.3 Å². The molecule has 0 saturated heterocycles. The van der Waals surface area contributed by atoms with Crippen molar-refractivity contribution in [1.82, 2.24) is 10.4 Å². The van der Waals surface area contributed by atoms with Gasteiger partial charge in [-0.05, 0) is 12.1 Å². The number of pyridine rings is 1. The van der Waals surface area contributed by atoms with E-state index < -0.39 is 5.91 Å². The molecule has 0 bridgehead atoms. The molecule has 1 aromatic heterocycles. The van der Waals surface area contributed by atoms with E-state index in [0.29, 0.717) is 5.56 Å². The Labute approximate surface area is 80.6 Å². The van der Waals surface area contributed by atoms with Gasteiger partial charge < -0.3 is 4.74 Å². The van der Waals surface area contributed by atoms with Crippen LogP contribution in [-0.4, -0.2) is 23.4 Å². The first-order chi connectivity index (χ1) is 6.74. The van der Waals surface area contributed by atoms with Gasteiger partial charge in [0, 0.05) is 12.4 Å². The molecule has 0 aliphatic rings. The lowest BCUT2D eigenvalue weighted by Crippen LogP contribution is -2.34. The second-order valence-electron chi connectivity index (χ2n) is 2.43. The number of carbonyl (C=O) groups is 1. The minimum absolute atomic E-state index is 0.110. The Morgan fingerprint density at radius 2 is 2.50 bits per heavy atom. The number of hydrogen-bond acceptors (Lipinski definition) is 5. The molecule has 6 heteroatoms. The average molecular weight is 194 g/mol. The number of aromatic nitrogens is 1. The smallest absolute Gasteiger partial charge is 0.271 e. The van der Waals surface area contributed by atoms with E-state index in [0.717, 1.165) is 0 Å². The van der Waals surface area contributed by atoms with Gasteiger partial charge in [0.2, 0.25) is 5.90 Å². The molecule has 0 unspecified atom stereocenters. The molecule has 0 radical (unpaired) electrons. The first-order valence-corrected chi connectivity index (χ1v) is 3.85. The van der Waals surface area contributed by atoms with Gasteiger partial charge in [-0.15, -0.1) is 0 Å². The second-order valence-corrected chi connectivity index (χ2v) is 2.43. The van der Waals surface area contributed by atoms with Gasteiger partial charge in [0.1, 0.15) is 0 Å². The number of hydrogen-bond donors (Lipinski definition) is 3. The molecule has 1 heterocycles. The summed E-state index contributed by atoms with van der Waals surface area (Å²) < 4.78 is 4.83. The number of amides is 1. The average Bonchev–Trinajstić information content (AvgIpc) is 2.26. The molecule has 0 atom stereocenters. The van der Waals surface area contributed by atoms with Crippen LogP contribution in [-0.2, 0) is 9.53 Å². The van der Waals surface area contributed by atoms with Crippen LogP contribution in [0.15, 0.2) is 24.5 Å². The number of carbonyl (C=O) groups excluding carboxylic acids is 1. The second kappa shape index (κ2) is 4.93. The summed E-state index contributed by atoms with van der Waals surface area (Å²) >= 11 is 0. The largest absolute Gasteiger partial charge is 0.467 e. The summed E-state index contributed by atoms with van der Waals surface area (Å²) in [6, 6.07) is 3.34. The van der Waals surface area contributed by atoms with Crippen molar-refractivity contribution < 1.29 is 9.53 Å².